The van der Waals surface area contributed by atoms with Crippen LogP contribution in [-0.2, 0) is 27.7 Å². The second-order valence-corrected chi connectivity index (χ2v) is 8.41. The predicted octanol–water partition coefficient (Wildman–Crippen LogP) is 7.20. The van der Waals surface area contributed by atoms with Gasteiger partial charge in [0.25, 0.3) is 0 Å². The fraction of sp³-hybridized carbons (Fsp3) is 0.440. The van der Waals surface area contributed by atoms with Gasteiger partial charge in [-0.2, -0.15) is 17.6 Å². The van der Waals surface area contributed by atoms with Gasteiger partial charge in [0.15, 0.2) is 6.29 Å². The Hall–Kier alpha value is -2.32. The van der Waals surface area contributed by atoms with Crippen LogP contribution in [0.3, 0.4) is 0 Å². The highest BCUT2D eigenvalue weighted by atomic mass is 19.3. The Bertz CT molecular complexity index is 1060. The molecule has 0 unspecified atom stereocenters. The molecule has 0 bridgehead atoms. The summed E-state index contributed by atoms with van der Waals surface area (Å²) in [5.41, 5.74) is -3.94. The Morgan fingerprint density at radius 2 is 1.52 bits per heavy atom. The monoisotopic (exact) mass is 470 g/mol. The number of rotatable bonds is 6. The molecule has 2 aromatic carbocycles. The Morgan fingerprint density at radius 1 is 0.939 bits per heavy atom. The molecular formula is C25H24F6O2. The lowest BCUT2D eigenvalue weighted by Crippen LogP contribution is -2.41. The van der Waals surface area contributed by atoms with Crippen molar-refractivity contribution < 1.29 is 35.8 Å². The van der Waals surface area contributed by atoms with Crippen molar-refractivity contribution in [2.24, 2.45) is 0 Å². The molecule has 0 radical (unpaired) electrons. The minimum absolute atomic E-state index is 0.00886. The van der Waals surface area contributed by atoms with Crippen molar-refractivity contribution in [1.82, 2.24) is 0 Å². The van der Waals surface area contributed by atoms with Crippen molar-refractivity contribution in [3.63, 3.8) is 0 Å². The summed E-state index contributed by atoms with van der Waals surface area (Å²) < 4.78 is 102. The maximum Gasteiger partial charge on any atom is 0.343 e. The van der Waals surface area contributed by atoms with Crippen LogP contribution >= 0.6 is 0 Å². The SMILES string of the molecule is C=CCCC1OCC(c2ccc3c(c2F)C(F)(F)C(F)(F)c2c-3ccc(CCC)c2F)CO1. The molecule has 1 aliphatic carbocycles. The van der Waals surface area contributed by atoms with Gasteiger partial charge < -0.3 is 9.47 Å². The lowest BCUT2D eigenvalue weighted by atomic mass is 9.77. The van der Waals surface area contributed by atoms with E-state index in [2.05, 4.69) is 6.58 Å². The summed E-state index contributed by atoms with van der Waals surface area (Å²) >= 11 is 0. The highest BCUT2D eigenvalue weighted by molar-refractivity contribution is 5.77. The Morgan fingerprint density at radius 3 is 2.09 bits per heavy atom. The van der Waals surface area contributed by atoms with Gasteiger partial charge in [0, 0.05) is 12.3 Å². The van der Waals surface area contributed by atoms with Crippen molar-refractivity contribution in [2.75, 3.05) is 13.2 Å². The molecule has 0 aromatic heterocycles. The van der Waals surface area contributed by atoms with E-state index in [4.69, 9.17) is 9.47 Å². The van der Waals surface area contributed by atoms with E-state index >= 15 is 22.0 Å². The molecule has 33 heavy (non-hydrogen) atoms. The summed E-state index contributed by atoms with van der Waals surface area (Å²) in [6.45, 7) is 5.31. The number of halogens is 6. The third-order valence-electron chi connectivity index (χ3n) is 6.24. The highest BCUT2D eigenvalue weighted by Gasteiger charge is 2.65. The van der Waals surface area contributed by atoms with Gasteiger partial charge >= 0.3 is 11.8 Å². The third-order valence-corrected chi connectivity index (χ3v) is 6.24. The van der Waals surface area contributed by atoms with Crippen LogP contribution < -0.4 is 0 Å². The van der Waals surface area contributed by atoms with Crippen LogP contribution in [0, 0.1) is 11.6 Å². The average Bonchev–Trinajstić information content (AvgIpc) is 2.78. The van der Waals surface area contributed by atoms with Crippen LogP contribution in [0.1, 0.15) is 54.4 Å². The number of alkyl halides is 4. The van der Waals surface area contributed by atoms with E-state index in [9.17, 15) is 4.39 Å². The minimum atomic E-state index is -4.94. The van der Waals surface area contributed by atoms with Crippen molar-refractivity contribution in [3.05, 3.63) is 70.8 Å². The molecule has 0 spiro atoms. The Kier molecular flexibility index (Phi) is 6.35. The molecule has 4 rings (SSSR count). The zero-order chi connectivity index (χ0) is 24.0. The van der Waals surface area contributed by atoms with Gasteiger partial charge in [0.2, 0.25) is 0 Å². The second kappa shape index (κ2) is 8.80. The molecule has 178 valence electrons. The van der Waals surface area contributed by atoms with Crippen molar-refractivity contribution in [3.8, 4) is 11.1 Å². The highest BCUT2D eigenvalue weighted by Crippen LogP contribution is 2.59. The lowest BCUT2D eigenvalue weighted by molar-refractivity contribution is -0.228. The predicted molar refractivity (Wildman–Crippen MR) is 111 cm³/mol. The average molecular weight is 470 g/mol. The first-order chi connectivity index (χ1) is 15.6. The molecular weight excluding hydrogens is 446 g/mol. The van der Waals surface area contributed by atoms with E-state index in [1.165, 1.54) is 18.2 Å². The van der Waals surface area contributed by atoms with Crippen LogP contribution in [0.15, 0.2) is 36.9 Å². The van der Waals surface area contributed by atoms with E-state index in [0.717, 1.165) is 6.07 Å². The van der Waals surface area contributed by atoms with E-state index in [0.29, 0.717) is 19.3 Å². The van der Waals surface area contributed by atoms with Crippen LogP contribution in [0.2, 0.25) is 0 Å². The summed E-state index contributed by atoms with van der Waals surface area (Å²) in [6, 6.07) is 4.87. The maximum absolute atomic E-state index is 15.4. The van der Waals surface area contributed by atoms with Crippen LogP contribution in [0.25, 0.3) is 11.1 Å². The summed E-state index contributed by atoms with van der Waals surface area (Å²) in [7, 11) is 0. The quantitative estimate of drug-likeness (QED) is 0.328. The van der Waals surface area contributed by atoms with Gasteiger partial charge in [0.05, 0.1) is 24.3 Å². The summed E-state index contributed by atoms with van der Waals surface area (Å²) in [5, 5.41) is 0. The zero-order valence-corrected chi connectivity index (χ0v) is 18.1. The van der Waals surface area contributed by atoms with E-state index in [1.54, 1.807) is 13.0 Å². The van der Waals surface area contributed by atoms with Crippen molar-refractivity contribution >= 4 is 0 Å². The number of benzene rings is 2. The molecule has 1 aliphatic heterocycles. The minimum Gasteiger partial charge on any atom is -0.352 e. The van der Waals surface area contributed by atoms with Crippen LogP contribution in [0.4, 0.5) is 26.3 Å². The van der Waals surface area contributed by atoms with Crippen LogP contribution in [0.5, 0.6) is 0 Å². The first-order valence-electron chi connectivity index (χ1n) is 10.9. The molecule has 1 heterocycles. The van der Waals surface area contributed by atoms with Gasteiger partial charge in [-0.3, -0.25) is 0 Å². The number of ether oxygens (including phenoxy) is 2. The molecule has 0 amide bonds. The molecule has 2 aliphatic rings. The Balaban J connectivity index is 1.78. The first kappa shape index (κ1) is 23.8. The number of hydrogen-bond donors (Lipinski definition) is 0. The number of aryl methyl sites for hydroxylation is 1. The maximum atomic E-state index is 15.4. The summed E-state index contributed by atoms with van der Waals surface area (Å²) in [4.78, 5) is 0. The van der Waals surface area contributed by atoms with Gasteiger partial charge in [-0.25, -0.2) is 8.78 Å². The number of allylic oxidation sites excluding steroid dienone is 1. The molecule has 0 N–H and O–H groups in total. The standard InChI is InChI=1S/C25H24F6O2/c1-3-5-7-19-32-12-15(13-33-19)16-10-11-18-17-9-8-14(6-4-2)22(26)20(17)24(28,29)25(30,31)21(18)23(16)27/h3,8-11,15,19H,1,4-7,12-13H2,2H3. The fourth-order valence-electron chi connectivity index (χ4n) is 4.51. The summed E-state index contributed by atoms with van der Waals surface area (Å²) in [5.74, 6) is -13.4. The van der Waals surface area contributed by atoms with Crippen LogP contribution in [-0.4, -0.2) is 19.5 Å². The van der Waals surface area contributed by atoms with E-state index in [-0.39, 0.29) is 30.8 Å². The van der Waals surface area contributed by atoms with Gasteiger partial charge in [0.1, 0.15) is 11.6 Å². The van der Waals surface area contributed by atoms with E-state index < -0.39 is 57.9 Å². The van der Waals surface area contributed by atoms with E-state index in [1.807, 2.05) is 0 Å². The largest absolute Gasteiger partial charge is 0.352 e. The fourth-order valence-corrected chi connectivity index (χ4v) is 4.51. The van der Waals surface area contributed by atoms with Gasteiger partial charge in [-0.1, -0.05) is 43.7 Å². The molecule has 0 atom stereocenters. The molecule has 0 saturated carbocycles. The molecule has 2 aromatic rings. The van der Waals surface area contributed by atoms with Gasteiger partial charge in [-0.15, -0.1) is 6.58 Å². The summed E-state index contributed by atoms with van der Waals surface area (Å²) in [6.07, 6.45) is 2.91. The first-order valence-corrected chi connectivity index (χ1v) is 10.9. The molecule has 1 fully saturated rings. The Labute approximate surface area is 188 Å². The normalized spacial score (nSPS) is 23.0. The lowest BCUT2D eigenvalue weighted by Gasteiger charge is -2.37. The molecule has 8 heteroatoms. The zero-order valence-electron chi connectivity index (χ0n) is 18.1. The molecule has 1 saturated heterocycles. The second-order valence-electron chi connectivity index (χ2n) is 8.41. The van der Waals surface area contributed by atoms with Crippen molar-refractivity contribution in [2.45, 2.75) is 56.7 Å². The molecule has 2 nitrogen and oxygen atoms in total. The third kappa shape index (κ3) is 3.77. The number of hydrogen-bond acceptors (Lipinski definition) is 2. The smallest absolute Gasteiger partial charge is 0.343 e. The van der Waals surface area contributed by atoms with Crippen molar-refractivity contribution in [1.29, 1.82) is 0 Å². The van der Waals surface area contributed by atoms with Gasteiger partial charge in [-0.05, 0) is 35.1 Å². The number of fused-ring (bicyclic) bond motifs is 3. The topological polar surface area (TPSA) is 18.5 Å².